The van der Waals surface area contributed by atoms with Crippen LogP contribution in [0.3, 0.4) is 0 Å². The normalized spacial score (nSPS) is 17.6. The summed E-state index contributed by atoms with van der Waals surface area (Å²) in [6.07, 6.45) is 8.34. The van der Waals surface area contributed by atoms with Crippen LogP contribution in [0.1, 0.15) is 57.1 Å². The molecule has 0 aromatic heterocycles. The smallest absolute Gasteiger partial charge is 0.119 e. The molecule has 19 heavy (non-hydrogen) atoms. The van der Waals surface area contributed by atoms with Crippen molar-refractivity contribution in [1.29, 1.82) is 0 Å². The molecule has 2 nitrogen and oxygen atoms in total. The van der Waals surface area contributed by atoms with Crippen molar-refractivity contribution in [2.45, 2.75) is 51.5 Å². The second-order valence-electron chi connectivity index (χ2n) is 5.57. The van der Waals surface area contributed by atoms with Gasteiger partial charge in [0.2, 0.25) is 0 Å². The van der Waals surface area contributed by atoms with Gasteiger partial charge in [-0.25, -0.2) is 0 Å². The van der Waals surface area contributed by atoms with Crippen LogP contribution in [-0.4, -0.2) is 13.7 Å². The second kappa shape index (κ2) is 7.54. The first-order valence-corrected chi connectivity index (χ1v) is 7.73. The van der Waals surface area contributed by atoms with E-state index in [1.807, 2.05) is 13.0 Å². The van der Waals surface area contributed by atoms with Crippen molar-refractivity contribution >= 4 is 0 Å². The van der Waals surface area contributed by atoms with Crippen LogP contribution in [0.5, 0.6) is 5.75 Å². The fraction of sp³-hybridized carbons (Fsp3) is 0.647. The molecule has 0 radical (unpaired) electrons. The van der Waals surface area contributed by atoms with E-state index in [-0.39, 0.29) is 0 Å². The quantitative estimate of drug-likeness (QED) is 0.789. The van der Waals surface area contributed by atoms with Gasteiger partial charge >= 0.3 is 0 Å². The van der Waals surface area contributed by atoms with Crippen LogP contribution >= 0.6 is 0 Å². The predicted molar refractivity (Wildman–Crippen MR) is 80.6 cm³/mol. The average Bonchev–Trinajstić information content (AvgIpc) is 2.94. The van der Waals surface area contributed by atoms with Gasteiger partial charge in [-0.05, 0) is 50.4 Å². The van der Waals surface area contributed by atoms with Crippen LogP contribution in [-0.2, 0) is 0 Å². The molecule has 0 spiro atoms. The Labute approximate surface area is 117 Å². The summed E-state index contributed by atoms with van der Waals surface area (Å²) in [5.74, 6) is 1.95. The number of benzene rings is 1. The molecule has 1 atom stereocenters. The highest BCUT2D eigenvalue weighted by atomic mass is 16.5. The van der Waals surface area contributed by atoms with Crippen LogP contribution < -0.4 is 10.1 Å². The van der Waals surface area contributed by atoms with E-state index in [0.29, 0.717) is 6.04 Å². The van der Waals surface area contributed by atoms with Gasteiger partial charge in [0, 0.05) is 6.04 Å². The number of nitrogens with one attached hydrogen (secondary N) is 1. The van der Waals surface area contributed by atoms with Gasteiger partial charge < -0.3 is 10.1 Å². The maximum Gasteiger partial charge on any atom is 0.119 e. The summed E-state index contributed by atoms with van der Waals surface area (Å²) in [6.45, 7) is 2.76. The molecule has 0 heterocycles. The van der Waals surface area contributed by atoms with Crippen molar-refractivity contribution in [3.05, 3.63) is 29.8 Å². The molecule has 1 aromatic rings. The summed E-state index contributed by atoms with van der Waals surface area (Å²) in [5.41, 5.74) is 1.35. The Balaban J connectivity index is 1.93. The predicted octanol–water partition coefficient (Wildman–Crippen LogP) is 4.32. The molecule has 0 saturated heterocycles. The summed E-state index contributed by atoms with van der Waals surface area (Å²) < 4.78 is 5.59. The van der Waals surface area contributed by atoms with Crippen LogP contribution in [0.4, 0.5) is 0 Å². The molecule has 1 aliphatic carbocycles. The molecule has 1 fully saturated rings. The van der Waals surface area contributed by atoms with Crippen LogP contribution in [0.2, 0.25) is 0 Å². The zero-order chi connectivity index (χ0) is 13.5. The molecule has 1 saturated carbocycles. The monoisotopic (exact) mass is 261 g/mol. The molecule has 2 rings (SSSR count). The van der Waals surface area contributed by atoms with E-state index < -0.39 is 0 Å². The lowest BCUT2D eigenvalue weighted by atomic mass is 9.95. The minimum absolute atomic E-state index is 0.459. The third-order valence-corrected chi connectivity index (χ3v) is 4.26. The molecule has 1 aliphatic rings. The third kappa shape index (κ3) is 4.24. The van der Waals surface area contributed by atoms with Crippen molar-refractivity contribution in [1.82, 2.24) is 5.32 Å². The molecule has 106 valence electrons. The summed E-state index contributed by atoms with van der Waals surface area (Å²) in [6, 6.07) is 8.98. The lowest BCUT2D eigenvalue weighted by Gasteiger charge is -2.19. The minimum atomic E-state index is 0.459. The van der Waals surface area contributed by atoms with Gasteiger partial charge in [-0.3, -0.25) is 0 Å². The Kier molecular flexibility index (Phi) is 5.71. The fourth-order valence-corrected chi connectivity index (χ4v) is 3.17. The van der Waals surface area contributed by atoms with E-state index >= 15 is 0 Å². The Morgan fingerprint density at radius 1 is 1.32 bits per heavy atom. The minimum Gasteiger partial charge on any atom is -0.494 e. The Bertz CT molecular complexity index is 371. The fourth-order valence-electron chi connectivity index (χ4n) is 3.17. The van der Waals surface area contributed by atoms with E-state index in [0.717, 1.165) is 18.3 Å². The SMILES string of the molecule is CCOc1cccc(C(CCC2CCCC2)NC)c1. The standard InChI is InChI=1S/C17H27NO/c1-3-19-16-10-6-9-15(13-16)17(18-2)12-11-14-7-4-5-8-14/h6,9-10,13-14,17-18H,3-5,7-8,11-12H2,1-2H3. The van der Waals surface area contributed by atoms with Crippen LogP contribution in [0.15, 0.2) is 24.3 Å². The van der Waals surface area contributed by atoms with E-state index in [4.69, 9.17) is 4.74 Å². The lowest BCUT2D eigenvalue weighted by molar-refractivity contribution is 0.339. The van der Waals surface area contributed by atoms with Crippen molar-refractivity contribution in [3.63, 3.8) is 0 Å². The highest BCUT2D eigenvalue weighted by Crippen LogP contribution is 2.31. The third-order valence-electron chi connectivity index (χ3n) is 4.26. The summed E-state index contributed by atoms with van der Waals surface area (Å²) in [7, 11) is 2.06. The van der Waals surface area contributed by atoms with E-state index in [1.165, 1.54) is 44.1 Å². The molecule has 2 heteroatoms. The average molecular weight is 261 g/mol. The van der Waals surface area contributed by atoms with Crippen LogP contribution in [0, 0.1) is 5.92 Å². The first kappa shape index (κ1) is 14.4. The number of hydrogen-bond acceptors (Lipinski definition) is 2. The zero-order valence-electron chi connectivity index (χ0n) is 12.3. The molecule has 0 aliphatic heterocycles. The van der Waals surface area contributed by atoms with Crippen LogP contribution in [0.25, 0.3) is 0 Å². The van der Waals surface area contributed by atoms with Crippen molar-refractivity contribution in [2.75, 3.05) is 13.7 Å². The van der Waals surface area contributed by atoms with E-state index in [2.05, 4.69) is 30.6 Å². The number of ether oxygens (including phenoxy) is 1. The summed E-state index contributed by atoms with van der Waals surface area (Å²) >= 11 is 0. The lowest BCUT2D eigenvalue weighted by Crippen LogP contribution is -2.17. The summed E-state index contributed by atoms with van der Waals surface area (Å²) in [4.78, 5) is 0. The van der Waals surface area contributed by atoms with E-state index in [1.54, 1.807) is 0 Å². The molecule has 1 N–H and O–H groups in total. The van der Waals surface area contributed by atoms with Crippen molar-refractivity contribution in [2.24, 2.45) is 5.92 Å². The number of hydrogen-bond donors (Lipinski definition) is 1. The highest BCUT2D eigenvalue weighted by molar-refractivity contribution is 5.30. The molecule has 0 bridgehead atoms. The van der Waals surface area contributed by atoms with Gasteiger partial charge in [0.05, 0.1) is 6.61 Å². The molecular formula is C17H27NO. The molecule has 1 aromatic carbocycles. The maximum absolute atomic E-state index is 5.59. The highest BCUT2D eigenvalue weighted by Gasteiger charge is 2.17. The molecule has 1 unspecified atom stereocenters. The maximum atomic E-state index is 5.59. The van der Waals surface area contributed by atoms with Gasteiger partial charge in [-0.1, -0.05) is 37.8 Å². The first-order valence-electron chi connectivity index (χ1n) is 7.73. The van der Waals surface area contributed by atoms with Gasteiger partial charge in [-0.15, -0.1) is 0 Å². The van der Waals surface area contributed by atoms with Gasteiger partial charge in [0.15, 0.2) is 0 Å². The molecule has 0 amide bonds. The van der Waals surface area contributed by atoms with Gasteiger partial charge in [0.25, 0.3) is 0 Å². The van der Waals surface area contributed by atoms with E-state index in [9.17, 15) is 0 Å². The van der Waals surface area contributed by atoms with Crippen molar-refractivity contribution < 1.29 is 4.74 Å². The first-order chi connectivity index (χ1) is 9.33. The summed E-state index contributed by atoms with van der Waals surface area (Å²) in [5, 5.41) is 3.46. The Hall–Kier alpha value is -1.02. The Morgan fingerprint density at radius 2 is 2.11 bits per heavy atom. The van der Waals surface area contributed by atoms with Crippen molar-refractivity contribution in [3.8, 4) is 5.75 Å². The Morgan fingerprint density at radius 3 is 2.79 bits per heavy atom. The topological polar surface area (TPSA) is 21.3 Å². The van der Waals surface area contributed by atoms with Gasteiger partial charge in [-0.2, -0.15) is 0 Å². The number of rotatable bonds is 7. The molecular weight excluding hydrogens is 234 g/mol. The largest absolute Gasteiger partial charge is 0.494 e. The second-order valence-corrected chi connectivity index (χ2v) is 5.57. The zero-order valence-corrected chi connectivity index (χ0v) is 12.3. The van der Waals surface area contributed by atoms with Gasteiger partial charge in [0.1, 0.15) is 5.75 Å².